The third kappa shape index (κ3) is 2.39. The van der Waals surface area contributed by atoms with Gasteiger partial charge in [0.2, 0.25) is 0 Å². The summed E-state index contributed by atoms with van der Waals surface area (Å²) < 4.78 is 1.75. The number of hydrogen-bond donors (Lipinski definition) is 2. The van der Waals surface area contributed by atoms with Crippen LogP contribution < -0.4 is 5.73 Å². The lowest BCUT2D eigenvalue weighted by molar-refractivity contribution is 0.756. The summed E-state index contributed by atoms with van der Waals surface area (Å²) in [4.78, 5) is 0. The van der Waals surface area contributed by atoms with E-state index in [9.17, 15) is 0 Å². The van der Waals surface area contributed by atoms with Crippen LogP contribution in [0.4, 0.5) is 5.82 Å². The molecule has 0 saturated heterocycles. The van der Waals surface area contributed by atoms with Gasteiger partial charge in [0.25, 0.3) is 0 Å². The molecule has 0 atom stereocenters. The van der Waals surface area contributed by atoms with Crippen molar-refractivity contribution in [2.24, 2.45) is 7.05 Å². The molecule has 0 saturated carbocycles. The molecule has 0 aliphatic heterocycles. The van der Waals surface area contributed by atoms with E-state index in [1.165, 1.54) is 0 Å². The molecule has 3 rings (SSSR count). The van der Waals surface area contributed by atoms with Crippen LogP contribution in [0, 0.1) is 6.92 Å². The van der Waals surface area contributed by atoms with Gasteiger partial charge in [0.15, 0.2) is 5.82 Å². The van der Waals surface area contributed by atoms with Crippen LogP contribution in [0.25, 0.3) is 22.4 Å². The minimum Gasteiger partial charge on any atom is -0.382 e. The van der Waals surface area contributed by atoms with Crippen molar-refractivity contribution in [2.75, 3.05) is 5.73 Å². The Hall–Kier alpha value is -1.98. The quantitative estimate of drug-likeness (QED) is 0.756. The fourth-order valence-electron chi connectivity index (χ4n) is 2.34. The molecule has 2 heterocycles. The second-order valence-electron chi connectivity index (χ2n) is 4.79. The fraction of sp³-hybridized carbons (Fsp3) is 0.143. The minimum absolute atomic E-state index is 0.409. The first-order valence-corrected chi connectivity index (χ1v) is 7.03. The minimum atomic E-state index is 0.409. The number of rotatable bonds is 2. The number of nitrogen functional groups attached to an aromatic ring is 1. The fourth-order valence-corrected chi connectivity index (χ4v) is 2.64. The van der Waals surface area contributed by atoms with Gasteiger partial charge in [-0.05, 0) is 24.6 Å². The molecule has 0 unspecified atom stereocenters. The number of nitrogens with two attached hydrogens (primary N) is 1. The van der Waals surface area contributed by atoms with E-state index in [1.807, 2.05) is 26.2 Å². The van der Waals surface area contributed by atoms with Gasteiger partial charge >= 0.3 is 0 Å². The van der Waals surface area contributed by atoms with E-state index in [4.69, 9.17) is 28.9 Å². The van der Waals surface area contributed by atoms with Gasteiger partial charge in [-0.1, -0.05) is 29.3 Å². The van der Waals surface area contributed by atoms with Crippen LogP contribution in [0.15, 0.2) is 24.4 Å². The molecule has 3 aromatic rings. The van der Waals surface area contributed by atoms with Gasteiger partial charge in [-0.15, -0.1) is 0 Å². The van der Waals surface area contributed by atoms with Crippen molar-refractivity contribution in [1.29, 1.82) is 0 Å². The van der Waals surface area contributed by atoms with Gasteiger partial charge in [0.1, 0.15) is 0 Å². The first-order chi connectivity index (χ1) is 9.97. The molecule has 21 heavy (non-hydrogen) atoms. The molecule has 108 valence electrons. The van der Waals surface area contributed by atoms with E-state index >= 15 is 0 Å². The molecule has 7 heteroatoms. The maximum Gasteiger partial charge on any atom is 0.153 e. The first-order valence-electron chi connectivity index (χ1n) is 6.27. The predicted octanol–water partition coefficient (Wildman–Crippen LogP) is 3.67. The van der Waals surface area contributed by atoms with Crippen LogP contribution >= 0.6 is 23.2 Å². The van der Waals surface area contributed by atoms with E-state index in [0.717, 1.165) is 28.1 Å². The Morgan fingerprint density at radius 3 is 2.62 bits per heavy atom. The topological polar surface area (TPSA) is 72.5 Å². The van der Waals surface area contributed by atoms with E-state index in [1.54, 1.807) is 16.8 Å². The van der Waals surface area contributed by atoms with Crippen molar-refractivity contribution >= 4 is 29.0 Å². The van der Waals surface area contributed by atoms with Crippen LogP contribution in [0.1, 0.15) is 5.69 Å². The lowest BCUT2D eigenvalue weighted by Gasteiger charge is -2.05. The highest BCUT2D eigenvalue weighted by molar-refractivity contribution is 6.42. The average Bonchev–Trinajstić information content (AvgIpc) is 2.95. The van der Waals surface area contributed by atoms with Gasteiger partial charge < -0.3 is 5.73 Å². The van der Waals surface area contributed by atoms with Crippen LogP contribution in [0.5, 0.6) is 0 Å². The molecule has 0 radical (unpaired) electrons. The van der Waals surface area contributed by atoms with Gasteiger partial charge in [-0.2, -0.15) is 10.2 Å². The molecule has 0 aliphatic carbocycles. The summed E-state index contributed by atoms with van der Waals surface area (Å²) in [6.07, 6.45) is 1.92. The maximum absolute atomic E-state index is 6.10. The van der Waals surface area contributed by atoms with E-state index < -0.39 is 0 Å². The number of anilines is 1. The molecule has 0 bridgehead atoms. The zero-order chi connectivity index (χ0) is 15.1. The summed E-state index contributed by atoms with van der Waals surface area (Å²) in [6.45, 7) is 1.94. The zero-order valence-electron chi connectivity index (χ0n) is 11.5. The number of H-pyrrole nitrogens is 1. The van der Waals surface area contributed by atoms with Crippen molar-refractivity contribution in [2.45, 2.75) is 6.92 Å². The summed E-state index contributed by atoms with van der Waals surface area (Å²) in [5.74, 6) is 0.409. The lowest BCUT2D eigenvalue weighted by atomic mass is 10.0. The van der Waals surface area contributed by atoms with Gasteiger partial charge in [0, 0.05) is 18.8 Å². The van der Waals surface area contributed by atoms with Gasteiger partial charge in [-0.3, -0.25) is 9.78 Å². The monoisotopic (exact) mass is 321 g/mol. The smallest absolute Gasteiger partial charge is 0.153 e. The highest BCUT2D eigenvalue weighted by Gasteiger charge is 2.18. The summed E-state index contributed by atoms with van der Waals surface area (Å²) in [5, 5.41) is 12.4. The second-order valence-corrected chi connectivity index (χ2v) is 5.60. The first kappa shape index (κ1) is 14.0. The third-order valence-electron chi connectivity index (χ3n) is 3.29. The van der Waals surface area contributed by atoms with Crippen LogP contribution in [0.2, 0.25) is 10.0 Å². The summed E-state index contributed by atoms with van der Waals surface area (Å²) >= 11 is 12.1. The summed E-state index contributed by atoms with van der Waals surface area (Å²) in [6, 6.07) is 5.39. The van der Waals surface area contributed by atoms with Crippen LogP contribution in [0.3, 0.4) is 0 Å². The number of benzene rings is 1. The number of hydrogen-bond acceptors (Lipinski definition) is 3. The summed E-state index contributed by atoms with van der Waals surface area (Å²) in [7, 11) is 1.87. The maximum atomic E-state index is 6.10. The molecule has 0 amide bonds. The standard InChI is InChI=1S/C14H13Cl2N5/c1-7-9(6-21(2)20-7)13-12(14(17)19-18-13)8-3-4-10(15)11(16)5-8/h3-6H,1-2H3,(H3,17,18,19). The van der Waals surface area contributed by atoms with Gasteiger partial charge in [0.05, 0.1) is 27.0 Å². The average molecular weight is 322 g/mol. The predicted molar refractivity (Wildman–Crippen MR) is 85.4 cm³/mol. The van der Waals surface area contributed by atoms with Crippen LogP contribution in [-0.2, 0) is 7.05 Å². The Kier molecular flexibility index (Phi) is 3.39. The highest BCUT2D eigenvalue weighted by atomic mass is 35.5. The number of aryl methyl sites for hydroxylation is 2. The zero-order valence-corrected chi connectivity index (χ0v) is 13.0. The van der Waals surface area contributed by atoms with E-state index in [0.29, 0.717) is 15.9 Å². The molecular weight excluding hydrogens is 309 g/mol. The Morgan fingerprint density at radius 1 is 1.24 bits per heavy atom. The second kappa shape index (κ2) is 5.09. The molecule has 0 aliphatic rings. The Balaban J connectivity index is 2.21. The molecule has 1 aromatic carbocycles. The van der Waals surface area contributed by atoms with E-state index in [2.05, 4.69) is 15.3 Å². The van der Waals surface area contributed by atoms with Gasteiger partial charge in [-0.25, -0.2) is 0 Å². The Labute approximate surface area is 131 Å². The number of halogens is 2. The summed E-state index contributed by atoms with van der Waals surface area (Å²) in [5.41, 5.74) is 10.3. The van der Waals surface area contributed by atoms with Crippen molar-refractivity contribution < 1.29 is 0 Å². The lowest BCUT2D eigenvalue weighted by Crippen LogP contribution is -1.89. The molecule has 2 aromatic heterocycles. The normalized spacial score (nSPS) is 11.0. The van der Waals surface area contributed by atoms with Crippen molar-refractivity contribution in [3.8, 4) is 22.4 Å². The van der Waals surface area contributed by atoms with Crippen molar-refractivity contribution in [3.05, 3.63) is 40.1 Å². The number of aromatic amines is 1. The molecular formula is C14H13Cl2N5. The van der Waals surface area contributed by atoms with Crippen molar-refractivity contribution in [1.82, 2.24) is 20.0 Å². The molecule has 0 fully saturated rings. The SMILES string of the molecule is Cc1nn(C)cc1-c1[nH]nc(N)c1-c1ccc(Cl)c(Cl)c1. The number of nitrogens with zero attached hydrogens (tertiary/aromatic N) is 3. The Morgan fingerprint density at radius 2 is 2.00 bits per heavy atom. The van der Waals surface area contributed by atoms with Crippen molar-refractivity contribution in [3.63, 3.8) is 0 Å². The Bertz CT molecular complexity index is 819. The largest absolute Gasteiger partial charge is 0.382 e. The van der Waals surface area contributed by atoms with E-state index in [-0.39, 0.29) is 0 Å². The highest BCUT2D eigenvalue weighted by Crippen LogP contribution is 2.37. The molecule has 3 N–H and O–H groups in total. The molecule has 5 nitrogen and oxygen atoms in total. The van der Waals surface area contributed by atoms with Crippen LogP contribution in [-0.4, -0.2) is 20.0 Å². The number of aromatic nitrogens is 4. The third-order valence-corrected chi connectivity index (χ3v) is 4.02. The number of nitrogens with one attached hydrogen (secondary N) is 1. The molecule has 0 spiro atoms.